The summed E-state index contributed by atoms with van der Waals surface area (Å²) in [7, 11) is 2.15. The van der Waals surface area contributed by atoms with E-state index >= 15 is 0 Å². The molecule has 17 heavy (non-hydrogen) atoms. The van der Waals surface area contributed by atoms with E-state index in [0.29, 0.717) is 0 Å². The van der Waals surface area contributed by atoms with Crippen molar-refractivity contribution in [1.29, 1.82) is 0 Å². The Morgan fingerprint density at radius 1 is 1.18 bits per heavy atom. The molecule has 0 spiro atoms. The fraction of sp³-hybridized carbons (Fsp3) is 0.571. The SMILES string of the molecule is CN(CCCN1CCCC1)c1ccc(N)cc1. The van der Waals surface area contributed by atoms with Crippen molar-refractivity contribution in [3.63, 3.8) is 0 Å². The second kappa shape index (κ2) is 5.92. The number of hydrogen-bond acceptors (Lipinski definition) is 3. The summed E-state index contributed by atoms with van der Waals surface area (Å²) in [4.78, 5) is 4.87. The Morgan fingerprint density at radius 2 is 1.82 bits per heavy atom. The fourth-order valence-corrected chi connectivity index (χ4v) is 2.40. The molecule has 3 heteroatoms. The van der Waals surface area contributed by atoms with Gasteiger partial charge in [-0.25, -0.2) is 0 Å². The van der Waals surface area contributed by atoms with Gasteiger partial charge in [0.15, 0.2) is 0 Å². The Balaban J connectivity index is 1.72. The van der Waals surface area contributed by atoms with Crippen LogP contribution in [0.1, 0.15) is 19.3 Å². The normalized spacial score (nSPS) is 16.3. The zero-order chi connectivity index (χ0) is 12.1. The molecule has 1 aromatic carbocycles. The maximum atomic E-state index is 5.68. The molecular weight excluding hydrogens is 210 g/mol. The first-order valence-electron chi connectivity index (χ1n) is 6.55. The summed E-state index contributed by atoms with van der Waals surface area (Å²) in [5.74, 6) is 0. The highest BCUT2D eigenvalue weighted by atomic mass is 15.1. The van der Waals surface area contributed by atoms with Gasteiger partial charge in [0.25, 0.3) is 0 Å². The first kappa shape index (κ1) is 12.2. The smallest absolute Gasteiger partial charge is 0.0365 e. The van der Waals surface area contributed by atoms with Crippen LogP contribution < -0.4 is 10.6 Å². The van der Waals surface area contributed by atoms with E-state index in [1.165, 1.54) is 44.6 Å². The van der Waals surface area contributed by atoms with Gasteiger partial charge in [-0.05, 0) is 63.2 Å². The molecule has 0 aromatic heterocycles. The topological polar surface area (TPSA) is 32.5 Å². The second-order valence-electron chi connectivity index (χ2n) is 4.92. The number of likely N-dealkylation sites (tertiary alicyclic amines) is 1. The maximum Gasteiger partial charge on any atom is 0.0365 e. The van der Waals surface area contributed by atoms with Gasteiger partial charge >= 0.3 is 0 Å². The lowest BCUT2D eigenvalue weighted by atomic mass is 10.2. The molecule has 1 heterocycles. The summed E-state index contributed by atoms with van der Waals surface area (Å²) in [6.07, 6.45) is 4.00. The Labute approximate surface area is 104 Å². The molecular formula is C14H23N3. The van der Waals surface area contributed by atoms with Gasteiger partial charge in [-0.15, -0.1) is 0 Å². The fourth-order valence-electron chi connectivity index (χ4n) is 2.40. The molecule has 0 radical (unpaired) electrons. The maximum absolute atomic E-state index is 5.68. The van der Waals surface area contributed by atoms with Crippen LogP contribution in [0.25, 0.3) is 0 Å². The van der Waals surface area contributed by atoms with Crippen molar-refractivity contribution >= 4 is 11.4 Å². The van der Waals surface area contributed by atoms with Crippen LogP contribution in [0, 0.1) is 0 Å². The van der Waals surface area contributed by atoms with E-state index in [-0.39, 0.29) is 0 Å². The van der Waals surface area contributed by atoms with Gasteiger partial charge < -0.3 is 15.5 Å². The summed E-state index contributed by atoms with van der Waals surface area (Å²) < 4.78 is 0. The zero-order valence-electron chi connectivity index (χ0n) is 10.7. The number of rotatable bonds is 5. The third-order valence-corrected chi connectivity index (χ3v) is 3.50. The molecule has 1 fully saturated rings. The van der Waals surface area contributed by atoms with Crippen molar-refractivity contribution in [3.05, 3.63) is 24.3 Å². The van der Waals surface area contributed by atoms with Crippen LogP contribution in [0.15, 0.2) is 24.3 Å². The van der Waals surface area contributed by atoms with Crippen LogP contribution in [0.4, 0.5) is 11.4 Å². The van der Waals surface area contributed by atoms with Gasteiger partial charge in [0.05, 0.1) is 0 Å². The molecule has 1 aromatic rings. The van der Waals surface area contributed by atoms with Crippen LogP contribution in [-0.2, 0) is 0 Å². The Hall–Kier alpha value is -1.22. The Kier molecular flexibility index (Phi) is 4.26. The van der Waals surface area contributed by atoms with Crippen LogP contribution >= 0.6 is 0 Å². The average molecular weight is 233 g/mol. The number of anilines is 2. The predicted molar refractivity (Wildman–Crippen MR) is 74.4 cm³/mol. The van der Waals surface area contributed by atoms with Crippen LogP contribution in [0.5, 0.6) is 0 Å². The standard InChI is InChI=1S/C14H23N3/c1-16(14-7-5-13(15)6-8-14)9-4-12-17-10-2-3-11-17/h5-8H,2-4,9-12,15H2,1H3. The van der Waals surface area contributed by atoms with Crippen molar-refractivity contribution in [2.45, 2.75) is 19.3 Å². The van der Waals surface area contributed by atoms with E-state index in [4.69, 9.17) is 5.73 Å². The predicted octanol–water partition coefficient (Wildman–Crippen LogP) is 2.19. The number of benzene rings is 1. The number of nitrogen functional groups attached to an aromatic ring is 1. The third-order valence-electron chi connectivity index (χ3n) is 3.50. The van der Waals surface area contributed by atoms with Crippen molar-refractivity contribution in [1.82, 2.24) is 4.90 Å². The number of hydrogen-bond donors (Lipinski definition) is 1. The van der Waals surface area contributed by atoms with Crippen LogP contribution in [0.3, 0.4) is 0 Å². The molecule has 94 valence electrons. The van der Waals surface area contributed by atoms with Crippen molar-refractivity contribution in [2.24, 2.45) is 0 Å². The van der Waals surface area contributed by atoms with Crippen molar-refractivity contribution in [2.75, 3.05) is 43.9 Å². The van der Waals surface area contributed by atoms with Gasteiger partial charge in [-0.2, -0.15) is 0 Å². The molecule has 0 bridgehead atoms. The van der Waals surface area contributed by atoms with Crippen LogP contribution in [-0.4, -0.2) is 38.1 Å². The molecule has 2 rings (SSSR count). The largest absolute Gasteiger partial charge is 0.399 e. The molecule has 0 unspecified atom stereocenters. The second-order valence-corrected chi connectivity index (χ2v) is 4.92. The van der Waals surface area contributed by atoms with E-state index in [1.54, 1.807) is 0 Å². The third kappa shape index (κ3) is 3.63. The van der Waals surface area contributed by atoms with E-state index in [2.05, 4.69) is 29.0 Å². The Morgan fingerprint density at radius 3 is 2.47 bits per heavy atom. The van der Waals surface area contributed by atoms with E-state index in [0.717, 1.165) is 12.2 Å². The number of nitrogens with two attached hydrogens (primary N) is 1. The van der Waals surface area contributed by atoms with Gasteiger partial charge in [0.1, 0.15) is 0 Å². The highest BCUT2D eigenvalue weighted by Crippen LogP contribution is 2.15. The van der Waals surface area contributed by atoms with Crippen molar-refractivity contribution in [3.8, 4) is 0 Å². The molecule has 0 aliphatic carbocycles. The van der Waals surface area contributed by atoms with Gasteiger partial charge in [0, 0.05) is 25.0 Å². The Bertz CT molecular complexity index is 328. The van der Waals surface area contributed by atoms with E-state index in [9.17, 15) is 0 Å². The molecule has 0 amide bonds. The summed E-state index contributed by atoms with van der Waals surface area (Å²) in [6.45, 7) is 4.94. The number of nitrogens with zero attached hydrogens (tertiary/aromatic N) is 2. The minimum absolute atomic E-state index is 0.833. The highest BCUT2D eigenvalue weighted by Gasteiger charge is 2.10. The van der Waals surface area contributed by atoms with Gasteiger partial charge in [-0.3, -0.25) is 0 Å². The quantitative estimate of drug-likeness (QED) is 0.791. The minimum atomic E-state index is 0.833. The summed E-state index contributed by atoms with van der Waals surface area (Å²) in [5.41, 5.74) is 7.77. The average Bonchev–Trinajstić information content (AvgIpc) is 2.83. The lowest BCUT2D eigenvalue weighted by Crippen LogP contribution is -2.26. The van der Waals surface area contributed by atoms with Gasteiger partial charge in [-0.1, -0.05) is 0 Å². The molecule has 0 atom stereocenters. The molecule has 2 N–H and O–H groups in total. The summed E-state index contributed by atoms with van der Waals surface area (Å²) in [5, 5.41) is 0. The lowest BCUT2D eigenvalue weighted by molar-refractivity contribution is 0.335. The minimum Gasteiger partial charge on any atom is -0.399 e. The molecule has 3 nitrogen and oxygen atoms in total. The zero-order valence-corrected chi connectivity index (χ0v) is 10.7. The summed E-state index contributed by atoms with van der Waals surface area (Å²) >= 11 is 0. The first-order valence-corrected chi connectivity index (χ1v) is 6.55. The van der Waals surface area contributed by atoms with E-state index < -0.39 is 0 Å². The summed E-state index contributed by atoms with van der Waals surface area (Å²) in [6, 6.07) is 8.11. The highest BCUT2D eigenvalue weighted by molar-refractivity contribution is 5.52. The molecule has 1 saturated heterocycles. The van der Waals surface area contributed by atoms with Gasteiger partial charge in [0.2, 0.25) is 0 Å². The molecule has 1 aliphatic rings. The molecule has 0 saturated carbocycles. The first-order chi connectivity index (χ1) is 8.25. The molecule has 1 aliphatic heterocycles. The van der Waals surface area contributed by atoms with Crippen molar-refractivity contribution < 1.29 is 0 Å². The van der Waals surface area contributed by atoms with Crippen LogP contribution in [0.2, 0.25) is 0 Å². The monoisotopic (exact) mass is 233 g/mol. The van der Waals surface area contributed by atoms with E-state index in [1.807, 2.05) is 12.1 Å². The lowest BCUT2D eigenvalue weighted by Gasteiger charge is -2.21.